The third-order valence-corrected chi connectivity index (χ3v) is 1.84. The first-order valence-corrected chi connectivity index (χ1v) is 4.17. The molecule has 15 heavy (non-hydrogen) atoms. The summed E-state index contributed by atoms with van der Waals surface area (Å²) in [7, 11) is 1.39. The van der Waals surface area contributed by atoms with Gasteiger partial charge in [-0.15, -0.1) is 0 Å². The van der Waals surface area contributed by atoms with Crippen molar-refractivity contribution in [2.45, 2.75) is 6.04 Å². The predicted octanol–water partition coefficient (Wildman–Crippen LogP) is 0.986. The molecule has 1 atom stereocenters. The zero-order valence-electron chi connectivity index (χ0n) is 8.04. The number of hydrogen-bond acceptors (Lipinski definition) is 5. The Hall–Kier alpha value is -1.79. The second-order valence-electron chi connectivity index (χ2n) is 2.78. The molecule has 0 saturated carbocycles. The molecule has 6 heteroatoms. The molecule has 0 aliphatic heterocycles. The predicted molar refractivity (Wildman–Crippen MR) is 52.0 cm³/mol. The van der Waals surface area contributed by atoms with E-state index in [0.717, 1.165) is 0 Å². The van der Waals surface area contributed by atoms with Crippen molar-refractivity contribution in [2.75, 3.05) is 7.11 Å². The first-order valence-electron chi connectivity index (χ1n) is 4.17. The molecule has 1 aromatic carbocycles. The average Bonchev–Trinajstić information content (AvgIpc) is 2.26. The molecule has 80 valence electrons. The van der Waals surface area contributed by atoms with E-state index in [2.05, 4.69) is 10.3 Å². The van der Waals surface area contributed by atoms with Crippen LogP contribution in [0.25, 0.3) is 0 Å². The minimum Gasteiger partial charge on any atom is -0.304 e. The van der Waals surface area contributed by atoms with Crippen LogP contribution in [0.1, 0.15) is 11.6 Å². The van der Waals surface area contributed by atoms with Crippen molar-refractivity contribution in [3.8, 4) is 0 Å². The monoisotopic (exact) mass is 210 g/mol. The zero-order chi connectivity index (χ0) is 11.3. The number of nitrogens with one attached hydrogen (secondary N) is 1. The normalized spacial score (nSPS) is 12.1. The van der Waals surface area contributed by atoms with Crippen molar-refractivity contribution in [1.29, 1.82) is 0 Å². The molecule has 1 rings (SSSR count). The lowest BCUT2D eigenvalue weighted by Gasteiger charge is -2.09. The van der Waals surface area contributed by atoms with Crippen molar-refractivity contribution in [3.63, 3.8) is 0 Å². The summed E-state index contributed by atoms with van der Waals surface area (Å²) in [6, 6.07) is 5.06. The van der Waals surface area contributed by atoms with Gasteiger partial charge in [0.25, 0.3) is 5.69 Å². The maximum absolute atomic E-state index is 10.6. The number of nitro groups is 1. The summed E-state index contributed by atoms with van der Waals surface area (Å²) in [6.45, 7) is 0. The van der Waals surface area contributed by atoms with Gasteiger partial charge in [0.1, 0.15) is 12.3 Å². The van der Waals surface area contributed by atoms with E-state index in [9.17, 15) is 14.9 Å². The molecule has 0 spiro atoms. The highest BCUT2D eigenvalue weighted by Crippen LogP contribution is 2.16. The molecule has 6 nitrogen and oxygen atoms in total. The van der Waals surface area contributed by atoms with Gasteiger partial charge in [-0.25, -0.2) is 0 Å². The van der Waals surface area contributed by atoms with Gasteiger partial charge in [-0.2, -0.15) is 5.48 Å². The van der Waals surface area contributed by atoms with Crippen LogP contribution in [-0.2, 0) is 9.63 Å². The number of nitrogens with zero attached hydrogens (tertiary/aromatic N) is 1. The van der Waals surface area contributed by atoms with Crippen LogP contribution in [-0.4, -0.2) is 18.3 Å². The van der Waals surface area contributed by atoms with E-state index < -0.39 is 11.0 Å². The van der Waals surface area contributed by atoms with Gasteiger partial charge in [-0.05, 0) is 5.56 Å². The molecule has 0 saturated heterocycles. The van der Waals surface area contributed by atoms with Gasteiger partial charge in [0.15, 0.2) is 0 Å². The van der Waals surface area contributed by atoms with Crippen LogP contribution < -0.4 is 5.48 Å². The summed E-state index contributed by atoms with van der Waals surface area (Å²) in [5.41, 5.74) is 3.05. The largest absolute Gasteiger partial charge is 0.304 e. The maximum atomic E-state index is 10.6. The maximum Gasteiger partial charge on any atom is 0.269 e. The molecule has 1 N–H and O–H groups in total. The van der Waals surface area contributed by atoms with Crippen molar-refractivity contribution >= 4 is 12.0 Å². The summed E-state index contributed by atoms with van der Waals surface area (Å²) in [5, 5.41) is 10.4. The van der Waals surface area contributed by atoms with Crippen molar-refractivity contribution < 1.29 is 14.6 Å². The Morgan fingerprint density at radius 3 is 2.47 bits per heavy atom. The summed E-state index contributed by atoms with van der Waals surface area (Å²) >= 11 is 0. The number of hydrogen-bond donors (Lipinski definition) is 1. The molecule has 0 fully saturated rings. The summed E-state index contributed by atoms with van der Waals surface area (Å²) in [6.07, 6.45) is 0.657. The molecule has 1 unspecified atom stereocenters. The lowest BCUT2D eigenvalue weighted by Crippen LogP contribution is -2.20. The molecule has 0 heterocycles. The third kappa shape index (κ3) is 2.83. The number of nitro benzene ring substituents is 1. The van der Waals surface area contributed by atoms with Crippen molar-refractivity contribution in [2.24, 2.45) is 0 Å². The molecule has 0 aromatic heterocycles. The highest BCUT2D eigenvalue weighted by atomic mass is 16.6. The van der Waals surface area contributed by atoms with Gasteiger partial charge in [-0.1, -0.05) is 12.1 Å². The van der Waals surface area contributed by atoms with Crippen LogP contribution in [0, 0.1) is 10.1 Å². The van der Waals surface area contributed by atoms with Gasteiger partial charge in [0.05, 0.1) is 12.0 Å². The van der Waals surface area contributed by atoms with E-state index in [-0.39, 0.29) is 5.69 Å². The summed E-state index contributed by atoms with van der Waals surface area (Å²) in [4.78, 5) is 25.1. The first kappa shape index (κ1) is 11.3. The second kappa shape index (κ2) is 5.18. The van der Waals surface area contributed by atoms with E-state index in [1.165, 1.54) is 31.4 Å². The van der Waals surface area contributed by atoms with Gasteiger partial charge in [0, 0.05) is 12.1 Å². The minimum absolute atomic E-state index is 0.0131. The van der Waals surface area contributed by atoms with Gasteiger partial charge in [0.2, 0.25) is 0 Å². The Kier molecular flexibility index (Phi) is 3.90. The van der Waals surface area contributed by atoms with Gasteiger partial charge < -0.3 is 9.63 Å². The molecular formula is C9H10N2O4. The van der Waals surface area contributed by atoms with Crippen LogP contribution in [0.5, 0.6) is 0 Å². The van der Waals surface area contributed by atoms with Crippen molar-refractivity contribution in [3.05, 3.63) is 39.9 Å². The van der Waals surface area contributed by atoms with Crippen LogP contribution in [0.15, 0.2) is 24.3 Å². The fraction of sp³-hybridized carbons (Fsp3) is 0.222. The van der Waals surface area contributed by atoms with E-state index in [0.29, 0.717) is 11.8 Å². The molecule has 0 radical (unpaired) electrons. The Morgan fingerprint density at radius 2 is 2.07 bits per heavy atom. The number of rotatable bonds is 5. The number of carbonyl (C=O) groups excluding carboxylic acids is 1. The van der Waals surface area contributed by atoms with E-state index in [1.54, 1.807) is 0 Å². The summed E-state index contributed by atoms with van der Waals surface area (Å²) < 4.78 is 0. The Labute approximate surface area is 86.0 Å². The molecule has 1 aromatic rings. The standard InChI is InChI=1S/C9H10N2O4/c1-15-10-9(6-12)7-2-4-8(5-3-7)11(13)14/h2-6,9-10H,1H3. The number of hydroxylamine groups is 1. The SMILES string of the molecule is CONC(C=O)c1ccc([N+](=O)[O-])cc1. The van der Waals surface area contributed by atoms with E-state index in [1.807, 2.05) is 0 Å². The molecule has 0 aliphatic rings. The average molecular weight is 210 g/mol. The molecular weight excluding hydrogens is 200 g/mol. The van der Waals surface area contributed by atoms with Crippen molar-refractivity contribution in [1.82, 2.24) is 5.48 Å². The fourth-order valence-corrected chi connectivity index (χ4v) is 1.10. The molecule has 0 bridgehead atoms. The number of non-ortho nitro benzene ring substituents is 1. The zero-order valence-corrected chi connectivity index (χ0v) is 8.04. The van der Waals surface area contributed by atoms with Gasteiger partial charge >= 0.3 is 0 Å². The molecule has 0 amide bonds. The Bertz CT molecular complexity index is 350. The number of aldehydes is 1. The Balaban J connectivity index is 2.86. The number of carbonyl (C=O) groups is 1. The smallest absolute Gasteiger partial charge is 0.269 e. The van der Waals surface area contributed by atoms with Gasteiger partial charge in [-0.3, -0.25) is 10.1 Å². The minimum atomic E-state index is -0.615. The van der Waals surface area contributed by atoms with Crippen LogP contribution in [0.4, 0.5) is 5.69 Å². The van der Waals surface area contributed by atoms with Crippen LogP contribution in [0.2, 0.25) is 0 Å². The first-order chi connectivity index (χ1) is 7.19. The summed E-state index contributed by atoms with van der Waals surface area (Å²) in [5.74, 6) is 0. The lowest BCUT2D eigenvalue weighted by atomic mass is 10.1. The van der Waals surface area contributed by atoms with E-state index >= 15 is 0 Å². The quantitative estimate of drug-likeness (QED) is 0.445. The highest BCUT2D eigenvalue weighted by Gasteiger charge is 2.11. The second-order valence-corrected chi connectivity index (χ2v) is 2.78. The Morgan fingerprint density at radius 1 is 1.47 bits per heavy atom. The van der Waals surface area contributed by atoms with Crippen LogP contribution >= 0.6 is 0 Å². The number of benzene rings is 1. The van der Waals surface area contributed by atoms with Crippen LogP contribution in [0.3, 0.4) is 0 Å². The highest BCUT2D eigenvalue weighted by molar-refractivity contribution is 5.61. The topological polar surface area (TPSA) is 81.5 Å². The molecule has 0 aliphatic carbocycles. The third-order valence-electron chi connectivity index (χ3n) is 1.84. The van der Waals surface area contributed by atoms with E-state index in [4.69, 9.17) is 0 Å². The fourth-order valence-electron chi connectivity index (χ4n) is 1.10. The lowest BCUT2D eigenvalue weighted by molar-refractivity contribution is -0.384.